The van der Waals surface area contributed by atoms with Crippen molar-refractivity contribution >= 4 is 28.3 Å². The summed E-state index contributed by atoms with van der Waals surface area (Å²) < 4.78 is 1.92. The summed E-state index contributed by atoms with van der Waals surface area (Å²) in [4.78, 5) is 23.4. The van der Waals surface area contributed by atoms with Crippen molar-refractivity contribution in [3.8, 4) is 5.69 Å². The van der Waals surface area contributed by atoms with Crippen molar-refractivity contribution in [2.45, 2.75) is 13.0 Å². The van der Waals surface area contributed by atoms with Gasteiger partial charge in [-0.3, -0.25) is 4.79 Å². The summed E-state index contributed by atoms with van der Waals surface area (Å²) in [5, 5.41) is 4.70. The maximum Gasteiger partial charge on any atom is 0.254 e. The summed E-state index contributed by atoms with van der Waals surface area (Å²) in [6, 6.07) is 11.3. The number of H-pyrrole nitrogens is 1. The van der Waals surface area contributed by atoms with E-state index in [-0.39, 0.29) is 11.6 Å². The van der Waals surface area contributed by atoms with Crippen LogP contribution in [0.15, 0.2) is 66.1 Å². The number of anilines is 1. The molecular weight excluding hydrogens is 350 g/mol. The molecule has 7 heteroatoms. The van der Waals surface area contributed by atoms with Crippen LogP contribution >= 0.6 is 11.6 Å². The first kappa shape index (κ1) is 16.4. The molecule has 1 atom stereocenters. The fourth-order valence-corrected chi connectivity index (χ4v) is 3.07. The Balaban J connectivity index is 1.65. The normalized spacial score (nSPS) is 12.2. The van der Waals surface area contributed by atoms with Gasteiger partial charge in [-0.25, -0.2) is 9.97 Å². The van der Waals surface area contributed by atoms with E-state index >= 15 is 0 Å². The highest BCUT2D eigenvalue weighted by Crippen LogP contribution is 2.22. The van der Waals surface area contributed by atoms with Gasteiger partial charge in [0.1, 0.15) is 5.65 Å². The maximum atomic E-state index is 12.4. The Hall–Kier alpha value is -3.12. The third-order valence-electron chi connectivity index (χ3n) is 4.19. The smallest absolute Gasteiger partial charge is 0.254 e. The molecule has 26 heavy (non-hydrogen) atoms. The van der Waals surface area contributed by atoms with E-state index in [9.17, 15) is 4.79 Å². The number of benzene rings is 1. The van der Waals surface area contributed by atoms with Gasteiger partial charge in [0.05, 0.1) is 17.4 Å². The number of hydrogen-bond acceptors (Lipinski definition) is 4. The van der Waals surface area contributed by atoms with E-state index in [0.717, 1.165) is 16.8 Å². The second kappa shape index (κ2) is 6.65. The molecule has 0 saturated carbocycles. The topological polar surface area (TPSA) is 75.6 Å². The van der Waals surface area contributed by atoms with E-state index in [1.54, 1.807) is 18.6 Å². The van der Waals surface area contributed by atoms with Crippen molar-refractivity contribution in [1.29, 1.82) is 0 Å². The molecule has 4 rings (SSSR count). The van der Waals surface area contributed by atoms with Gasteiger partial charge in [-0.2, -0.15) is 0 Å². The van der Waals surface area contributed by atoms with Crippen molar-refractivity contribution in [2.75, 3.05) is 5.32 Å². The van der Waals surface area contributed by atoms with Gasteiger partial charge in [0, 0.05) is 40.9 Å². The number of nitrogens with zero attached hydrogens (tertiary/aromatic N) is 3. The van der Waals surface area contributed by atoms with E-state index < -0.39 is 0 Å². The molecule has 0 bridgehead atoms. The number of aromatic amines is 1. The van der Waals surface area contributed by atoms with Gasteiger partial charge in [0.15, 0.2) is 0 Å². The van der Waals surface area contributed by atoms with E-state index in [1.807, 2.05) is 48.0 Å². The Bertz CT molecular complexity index is 1120. The first-order chi connectivity index (χ1) is 12.6. The quantitative estimate of drug-likeness (QED) is 0.574. The van der Waals surface area contributed by atoms with Gasteiger partial charge in [-0.15, -0.1) is 0 Å². The van der Waals surface area contributed by atoms with E-state index in [4.69, 9.17) is 11.6 Å². The largest absolute Gasteiger partial charge is 0.378 e. The number of aromatic nitrogens is 4. The van der Waals surface area contributed by atoms with Gasteiger partial charge in [0.2, 0.25) is 0 Å². The third kappa shape index (κ3) is 3.19. The molecule has 2 N–H and O–H groups in total. The zero-order valence-corrected chi connectivity index (χ0v) is 14.7. The number of imidazole rings is 1. The Morgan fingerprint density at radius 3 is 2.96 bits per heavy atom. The van der Waals surface area contributed by atoms with Crippen molar-refractivity contribution in [2.24, 2.45) is 0 Å². The first-order valence-electron chi connectivity index (χ1n) is 8.13. The zero-order valence-electron chi connectivity index (χ0n) is 14.0. The molecule has 0 saturated heterocycles. The molecule has 1 aromatic carbocycles. The minimum atomic E-state index is -0.194. The number of nitrogens with one attached hydrogen (secondary N) is 2. The van der Waals surface area contributed by atoms with Crippen molar-refractivity contribution in [3.05, 3.63) is 82.3 Å². The minimum absolute atomic E-state index is 0.168. The molecule has 6 nitrogen and oxygen atoms in total. The molecule has 0 aliphatic carbocycles. The van der Waals surface area contributed by atoms with Crippen LogP contribution in [0.2, 0.25) is 5.02 Å². The monoisotopic (exact) mass is 365 g/mol. The number of rotatable bonds is 4. The van der Waals surface area contributed by atoms with Crippen LogP contribution in [-0.2, 0) is 0 Å². The van der Waals surface area contributed by atoms with Gasteiger partial charge in [0.25, 0.3) is 5.56 Å². The number of fused-ring (bicyclic) bond motifs is 1. The predicted octanol–water partition coefficient (Wildman–Crippen LogP) is 3.94. The van der Waals surface area contributed by atoms with Crippen LogP contribution in [0.3, 0.4) is 0 Å². The molecule has 4 aromatic rings. The van der Waals surface area contributed by atoms with Crippen LogP contribution in [0, 0.1) is 0 Å². The molecular formula is C19H16ClN5O. The maximum absolute atomic E-state index is 12.4. The van der Waals surface area contributed by atoms with Crippen LogP contribution < -0.4 is 10.9 Å². The van der Waals surface area contributed by atoms with Gasteiger partial charge < -0.3 is 14.9 Å². The van der Waals surface area contributed by atoms with Crippen molar-refractivity contribution < 1.29 is 0 Å². The van der Waals surface area contributed by atoms with Crippen LogP contribution in [0.25, 0.3) is 16.7 Å². The number of halogens is 1. The summed E-state index contributed by atoms with van der Waals surface area (Å²) in [5.41, 5.74) is 2.88. The summed E-state index contributed by atoms with van der Waals surface area (Å²) in [5.74, 6) is 0. The Morgan fingerprint density at radius 1 is 1.27 bits per heavy atom. The zero-order chi connectivity index (χ0) is 18.1. The molecule has 0 fully saturated rings. The SMILES string of the molecule is C[C@H](Nc1cccc(-n2ccnc2)c1)c1cc2cc(Cl)cnc2[nH]c1=O. The summed E-state index contributed by atoms with van der Waals surface area (Å²) >= 11 is 6.01. The lowest BCUT2D eigenvalue weighted by Crippen LogP contribution is -2.19. The number of pyridine rings is 2. The average Bonchev–Trinajstić information content (AvgIpc) is 3.16. The van der Waals surface area contributed by atoms with E-state index in [1.165, 1.54) is 6.20 Å². The lowest BCUT2D eigenvalue weighted by molar-refractivity contribution is 0.864. The Kier molecular flexibility index (Phi) is 4.18. The highest BCUT2D eigenvalue weighted by Gasteiger charge is 2.12. The third-order valence-corrected chi connectivity index (χ3v) is 4.39. The molecule has 130 valence electrons. The summed E-state index contributed by atoms with van der Waals surface area (Å²) in [7, 11) is 0. The second-order valence-corrected chi connectivity index (χ2v) is 6.47. The molecule has 3 aromatic heterocycles. The number of hydrogen-bond donors (Lipinski definition) is 2. The Morgan fingerprint density at radius 2 is 2.15 bits per heavy atom. The molecule has 0 aliphatic heterocycles. The fourth-order valence-electron chi connectivity index (χ4n) is 2.90. The fraction of sp³-hybridized carbons (Fsp3) is 0.105. The van der Waals surface area contributed by atoms with Gasteiger partial charge >= 0.3 is 0 Å². The average molecular weight is 366 g/mol. The van der Waals surface area contributed by atoms with Crippen LogP contribution in [0.4, 0.5) is 5.69 Å². The molecule has 0 spiro atoms. The van der Waals surface area contributed by atoms with Crippen molar-refractivity contribution in [1.82, 2.24) is 19.5 Å². The Labute approximate surface area is 154 Å². The standard InChI is InChI=1S/C19H16ClN5O/c1-12(17-8-13-7-14(20)10-22-18(13)24-19(17)26)23-15-3-2-4-16(9-15)25-6-5-21-11-25/h2-12,23H,1H3,(H,22,24,26)/t12-/m0/s1. The molecule has 0 radical (unpaired) electrons. The van der Waals surface area contributed by atoms with E-state index in [2.05, 4.69) is 20.3 Å². The molecule has 3 heterocycles. The lowest BCUT2D eigenvalue weighted by atomic mass is 10.1. The van der Waals surface area contributed by atoms with Gasteiger partial charge in [-0.1, -0.05) is 17.7 Å². The molecule has 0 aliphatic rings. The second-order valence-electron chi connectivity index (χ2n) is 6.03. The van der Waals surface area contributed by atoms with Crippen LogP contribution in [-0.4, -0.2) is 19.5 Å². The minimum Gasteiger partial charge on any atom is -0.378 e. The predicted molar refractivity (Wildman–Crippen MR) is 103 cm³/mol. The summed E-state index contributed by atoms with van der Waals surface area (Å²) in [6.07, 6.45) is 6.87. The van der Waals surface area contributed by atoms with Crippen molar-refractivity contribution in [3.63, 3.8) is 0 Å². The lowest BCUT2D eigenvalue weighted by Gasteiger charge is -2.16. The highest BCUT2D eigenvalue weighted by molar-refractivity contribution is 6.31. The van der Waals surface area contributed by atoms with Gasteiger partial charge in [-0.05, 0) is 37.3 Å². The van der Waals surface area contributed by atoms with E-state index in [0.29, 0.717) is 16.2 Å². The molecule has 0 amide bonds. The summed E-state index contributed by atoms with van der Waals surface area (Å²) in [6.45, 7) is 1.94. The highest BCUT2D eigenvalue weighted by atomic mass is 35.5. The van der Waals surface area contributed by atoms with Crippen LogP contribution in [0.5, 0.6) is 0 Å². The first-order valence-corrected chi connectivity index (χ1v) is 8.51. The van der Waals surface area contributed by atoms with Crippen LogP contribution in [0.1, 0.15) is 18.5 Å². The molecule has 0 unspecified atom stereocenters.